The van der Waals surface area contributed by atoms with Crippen LogP contribution in [0.15, 0.2) is 59.6 Å². The molecular formula is C24H25FN6O4S. The quantitative estimate of drug-likeness (QED) is 0.284. The van der Waals surface area contributed by atoms with E-state index in [9.17, 15) is 12.8 Å². The van der Waals surface area contributed by atoms with Gasteiger partial charge in [-0.3, -0.25) is 9.82 Å². The molecule has 0 spiro atoms. The molecule has 0 saturated carbocycles. The Balaban J connectivity index is 1.37. The summed E-state index contributed by atoms with van der Waals surface area (Å²) >= 11 is 0. The fourth-order valence-electron chi connectivity index (χ4n) is 3.92. The van der Waals surface area contributed by atoms with Crippen molar-refractivity contribution in [3.8, 4) is 17.0 Å². The largest absolute Gasteiger partial charge is 0.497 e. The molecule has 4 aromatic rings. The molecule has 1 saturated heterocycles. The minimum atomic E-state index is -4.16. The van der Waals surface area contributed by atoms with Crippen LogP contribution in [0.1, 0.15) is 0 Å². The predicted octanol–water partition coefficient (Wildman–Crippen LogP) is 2.97. The van der Waals surface area contributed by atoms with Crippen LogP contribution in [0.2, 0.25) is 0 Å². The molecule has 4 N–H and O–H groups in total. The second-order valence-corrected chi connectivity index (χ2v) is 9.90. The van der Waals surface area contributed by atoms with Gasteiger partial charge < -0.3 is 20.1 Å². The summed E-state index contributed by atoms with van der Waals surface area (Å²) in [5.74, 6) is 0.0400. The first kappa shape index (κ1) is 24.0. The van der Waals surface area contributed by atoms with Gasteiger partial charge in [0.1, 0.15) is 22.3 Å². The van der Waals surface area contributed by atoms with Gasteiger partial charge in [0.2, 0.25) is 0 Å². The number of halogens is 1. The van der Waals surface area contributed by atoms with Gasteiger partial charge in [0.25, 0.3) is 10.0 Å². The Kier molecular flexibility index (Phi) is 6.72. The molecule has 2 aromatic heterocycles. The van der Waals surface area contributed by atoms with E-state index in [-0.39, 0.29) is 17.5 Å². The van der Waals surface area contributed by atoms with E-state index in [1.165, 1.54) is 13.2 Å². The van der Waals surface area contributed by atoms with E-state index in [2.05, 4.69) is 25.6 Å². The number of ether oxygens (including phenoxy) is 2. The Labute approximate surface area is 207 Å². The first-order valence-electron chi connectivity index (χ1n) is 11.3. The number of hydrogen-bond donors (Lipinski definition) is 4. The van der Waals surface area contributed by atoms with Crippen molar-refractivity contribution in [1.82, 2.24) is 20.5 Å². The van der Waals surface area contributed by atoms with E-state index in [0.29, 0.717) is 24.7 Å². The molecule has 188 valence electrons. The second-order valence-electron chi connectivity index (χ2n) is 8.24. The van der Waals surface area contributed by atoms with Crippen LogP contribution in [0.5, 0.6) is 5.75 Å². The molecule has 1 atom stereocenters. The fraction of sp³-hybridized carbons (Fsp3) is 0.250. The number of hydrogen-bond acceptors (Lipinski definition) is 8. The van der Waals surface area contributed by atoms with Crippen molar-refractivity contribution < 1.29 is 22.3 Å². The van der Waals surface area contributed by atoms with Gasteiger partial charge in [0.15, 0.2) is 0 Å². The monoisotopic (exact) mass is 512 g/mol. The van der Waals surface area contributed by atoms with Crippen LogP contribution in [-0.4, -0.2) is 63.1 Å². The highest BCUT2D eigenvalue weighted by Gasteiger charge is 2.21. The highest BCUT2D eigenvalue weighted by atomic mass is 32.2. The Bertz CT molecular complexity index is 1470. The number of methoxy groups -OCH3 is 1. The van der Waals surface area contributed by atoms with Gasteiger partial charge in [0.05, 0.1) is 42.6 Å². The van der Waals surface area contributed by atoms with Crippen molar-refractivity contribution in [3.05, 3.63) is 60.5 Å². The number of nitrogens with zero attached hydrogens (tertiary/aromatic N) is 2. The average molecular weight is 513 g/mol. The molecule has 0 radical (unpaired) electrons. The third kappa shape index (κ3) is 5.10. The van der Waals surface area contributed by atoms with E-state index in [4.69, 9.17) is 14.5 Å². The van der Waals surface area contributed by atoms with E-state index in [1.54, 1.807) is 30.5 Å². The lowest BCUT2D eigenvalue weighted by Gasteiger charge is -2.24. The first-order valence-corrected chi connectivity index (χ1v) is 12.8. The molecular weight excluding hydrogens is 487 g/mol. The van der Waals surface area contributed by atoms with Crippen molar-refractivity contribution in [1.29, 1.82) is 0 Å². The topological polar surface area (TPSA) is 130 Å². The summed E-state index contributed by atoms with van der Waals surface area (Å²) in [6, 6.07) is 12.1. The van der Waals surface area contributed by atoms with Crippen LogP contribution in [0.25, 0.3) is 22.2 Å². The van der Waals surface area contributed by atoms with Gasteiger partial charge in [-0.1, -0.05) is 12.1 Å². The van der Waals surface area contributed by atoms with Gasteiger partial charge in [-0.15, -0.1) is 0 Å². The second kappa shape index (κ2) is 10.1. The van der Waals surface area contributed by atoms with Crippen LogP contribution in [0.4, 0.5) is 15.9 Å². The fourth-order valence-corrected chi connectivity index (χ4v) is 5.08. The molecule has 36 heavy (non-hydrogen) atoms. The number of sulfonamides is 1. The van der Waals surface area contributed by atoms with Gasteiger partial charge in [-0.05, 0) is 30.3 Å². The summed E-state index contributed by atoms with van der Waals surface area (Å²) in [4.78, 5) is 4.27. The van der Waals surface area contributed by atoms with Gasteiger partial charge >= 0.3 is 0 Å². The molecule has 12 heteroatoms. The third-order valence-corrected chi connectivity index (χ3v) is 7.20. The molecule has 0 amide bonds. The maximum Gasteiger partial charge on any atom is 0.264 e. The van der Waals surface area contributed by atoms with Gasteiger partial charge in [-0.2, -0.15) is 5.10 Å². The summed E-state index contributed by atoms with van der Waals surface area (Å²) in [7, 11) is -2.78. The van der Waals surface area contributed by atoms with Crippen molar-refractivity contribution >= 4 is 32.4 Å². The Morgan fingerprint density at radius 1 is 1.19 bits per heavy atom. The maximum atomic E-state index is 14.2. The maximum absolute atomic E-state index is 14.2. The van der Waals surface area contributed by atoms with Crippen LogP contribution < -0.4 is 20.1 Å². The number of morpholine rings is 1. The molecule has 2 aromatic carbocycles. The van der Waals surface area contributed by atoms with Gasteiger partial charge in [0, 0.05) is 37.0 Å². The van der Waals surface area contributed by atoms with Gasteiger partial charge in [-0.25, -0.2) is 17.8 Å². The van der Waals surface area contributed by atoms with Crippen molar-refractivity contribution in [2.75, 3.05) is 43.4 Å². The Morgan fingerprint density at radius 3 is 2.78 bits per heavy atom. The molecule has 0 bridgehead atoms. The highest BCUT2D eigenvalue weighted by Crippen LogP contribution is 2.29. The van der Waals surface area contributed by atoms with Crippen molar-refractivity contribution in [2.24, 2.45) is 0 Å². The minimum Gasteiger partial charge on any atom is -0.497 e. The van der Waals surface area contributed by atoms with E-state index >= 15 is 0 Å². The number of anilines is 2. The van der Waals surface area contributed by atoms with E-state index < -0.39 is 20.7 Å². The number of fused-ring (bicyclic) bond motifs is 1. The highest BCUT2D eigenvalue weighted by molar-refractivity contribution is 7.92. The lowest BCUT2D eigenvalue weighted by molar-refractivity contribution is 0.0372. The first-order chi connectivity index (χ1) is 17.4. The lowest BCUT2D eigenvalue weighted by Crippen LogP contribution is -2.42. The van der Waals surface area contributed by atoms with E-state index in [0.717, 1.165) is 41.7 Å². The number of benzene rings is 2. The molecule has 5 rings (SSSR count). The number of pyridine rings is 1. The third-order valence-electron chi connectivity index (χ3n) is 5.80. The zero-order valence-corrected chi connectivity index (χ0v) is 20.2. The molecule has 10 nitrogen and oxygen atoms in total. The summed E-state index contributed by atoms with van der Waals surface area (Å²) in [5.41, 5.74) is 2.53. The predicted molar refractivity (Wildman–Crippen MR) is 134 cm³/mol. The Hall–Kier alpha value is -3.74. The number of rotatable bonds is 8. The van der Waals surface area contributed by atoms with Crippen LogP contribution in [0.3, 0.4) is 0 Å². The molecule has 1 aliphatic heterocycles. The Morgan fingerprint density at radius 2 is 2.03 bits per heavy atom. The standard InChI is InChI=1S/C24H25FN6O4S/c1-34-17-6-7-20(25)23(10-17)36(32,33)31-16-4-2-15(3-5-16)21-11-22-19(14-28-30-22)24(29-21)27-13-18-12-26-8-9-35-18/h2-7,10-11,14,18,26,31H,8-9,12-13H2,1H3,(H,27,29)(H,28,30). The lowest BCUT2D eigenvalue weighted by atomic mass is 10.1. The molecule has 3 heterocycles. The zero-order chi connectivity index (χ0) is 25.1. The van der Waals surface area contributed by atoms with E-state index in [1.807, 2.05) is 6.07 Å². The summed E-state index contributed by atoms with van der Waals surface area (Å²) in [6.07, 6.45) is 1.75. The SMILES string of the molecule is COc1ccc(F)c(S(=O)(=O)Nc2ccc(-c3cc4[nH]ncc4c(NCC4CNCCO4)n3)cc2)c1. The summed E-state index contributed by atoms with van der Waals surface area (Å²) in [6.45, 7) is 2.86. The van der Waals surface area contributed by atoms with Crippen LogP contribution >= 0.6 is 0 Å². The van der Waals surface area contributed by atoms with Crippen molar-refractivity contribution in [3.63, 3.8) is 0 Å². The molecule has 1 unspecified atom stereocenters. The smallest absolute Gasteiger partial charge is 0.264 e. The van der Waals surface area contributed by atoms with Crippen LogP contribution in [0, 0.1) is 5.82 Å². The normalized spacial score (nSPS) is 16.1. The molecule has 1 fully saturated rings. The number of nitrogens with one attached hydrogen (secondary N) is 4. The number of aromatic amines is 1. The van der Waals surface area contributed by atoms with Crippen LogP contribution in [-0.2, 0) is 14.8 Å². The average Bonchev–Trinajstić information content (AvgIpc) is 3.37. The molecule has 0 aliphatic carbocycles. The summed E-state index contributed by atoms with van der Waals surface area (Å²) in [5, 5.41) is 14.6. The van der Waals surface area contributed by atoms with Crippen molar-refractivity contribution in [2.45, 2.75) is 11.0 Å². The molecule has 1 aliphatic rings. The minimum absolute atomic E-state index is 0.0351. The number of H-pyrrole nitrogens is 1. The number of aromatic nitrogens is 3. The summed E-state index contributed by atoms with van der Waals surface area (Å²) < 4.78 is 52.9. The zero-order valence-electron chi connectivity index (χ0n) is 19.4.